The molecule has 26 heavy (non-hydrogen) atoms. The summed E-state index contributed by atoms with van der Waals surface area (Å²) in [7, 11) is 0. The van der Waals surface area contributed by atoms with Crippen molar-refractivity contribution in [2.75, 3.05) is 32.8 Å². The van der Waals surface area contributed by atoms with Gasteiger partial charge in [-0.1, -0.05) is 24.3 Å². The van der Waals surface area contributed by atoms with Crippen LogP contribution in [-0.4, -0.2) is 43.7 Å². The van der Waals surface area contributed by atoms with Gasteiger partial charge in [-0.15, -0.1) is 0 Å². The van der Waals surface area contributed by atoms with Crippen molar-refractivity contribution < 1.29 is 9.53 Å². The molecule has 140 valence electrons. The van der Waals surface area contributed by atoms with Crippen molar-refractivity contribution in [1.29, 1.82) is 0 Å². The van der Waals surface area contributed by atoms with Gasteiger partial charge in [0.2, 0.25) is 5.91 Å². The van der Waals surface area contributed by atoms with Crippen molar-refractivity contribution >= 4 is 5.91 Å². The molecular weight excluding hydrogens is 324 g/mol. The molecule has 2 heterocycles. The monoisotopic (exact) mass is 354 g/mol. The molecule has 3 fully saturated rings. The second kappa shape index (κ2) is 6.97. The van der Waals surface area contributed by atoms with E-state index in [9.17, 15) is 4.79 Å². The number of carbonyl (C=O) groups excluding carboxylic acids is 1. The third kappa shape index (κ3) is 3.29. The van der Waals surface area contributed by atoms with Crippen LogP contribution in [0.5, 0.6) is 0 Å². The quantitative estimate of drug-likeness (QED) is 0.883. The maximum Gasteiger partial charge on any atom is 0.220 e. The van der Waals surface area contributed by atoms with Gasteiger partial charge in [0.25, 0.3) is 0 Å². The predicted octanol–water partition coefficient (Wildman–Crippen LogP) is 3.10. The first-order chi connectivity index (χ1) is 12.8. The molecule has 3 atom stereocenters. The van der Waals surface area contributed by atoms with Gasteiger partial charge in [0, 0.05) is 51.1 Å². The number of nitrogens with one attached hydrogen (secondary N) is 1. The van der Waals surface area contributed by atoms with Crippen LogP contribution >= 0.6 is 0 Å². The van der Waals surface area contributed by atoms with Crippen molar-refractivity contribution in [2.24, 2.45) is 17.8 Å². The summed E-state index contributed by atoms with van der Waals surface area (Å²) in [6.07, 6.45) is 5.53. The van der Waals surface area contributed by atoms with E-state index in [1.54, 1.807) is 0 Å². The van der Waals surface area contributed by atoms with Crippen molar-refractivity contribution in [2.45, 2.75) is 44.1 Å². The highest BCUT2D eigenvalue weighted by atomic mass is 16.5. The molecule has 1 amide bonds. The van der Waals surface area contributed by atoms with Crippen LogP contribution in [0.15, 0.2) is 24.3 Å². The van der Waals surface area contributed by atoms with Gasteiger partial charge in [-0.25, -0.2) is 0 Å². The minimum Gasteiger partial charge on any atom is -0.381 e. The number of rotatable bonds is 5. The summed E-state index contributed by atoms with van der Waals surface area (Å²) in [6, 6.07) is 9.01. The zero-order valence-corrected chi connectivity index (χ0v) is 15.5. The Labute approximate surface area is 156 Å². The summed E-state index contributed by atoms with van der Waals surface area (Å²) < 4.78 is 5.43. The molecule has 2 saturated heterocycles. The zero-order chi connectivity index (χ0) is 17.5. The molecule has 0 bridgehead atoms. The van der Waals surface area contributed by atoms with E-state index in [2.05, 4.69) is 34.5 Å². The maximum atomic E-state index is 12.8. The average molecular weight is 354 g/mol. The first kappa shape index (κ1) is 16.8. The number of hydrogen-bond donors (Lipinski definition) is 1. The van der Waals surface area contributed by atoms with Gasteiger partial charge in [-0.2, -0.15) is 0 Å². The van der Waals surface area contributed by atoms with Gasteiger partial charge in [0.1, 0.15) is 0 Å². The number of fused-ring (bicyclic) bond motifs is 3. The Balaban J connectivity index is 1.29. The molecule has 4 aliphatic rings. The molecule has 0 aromatic heterocycles. The third-order valence-electron chi connectivity index (χ3n) is 6.94. The highest BCUT2D eigenvalue weighted by Crippen LogP contribution is 2.49. The van der Waals surface area contributed by atoms with Crippen LogP contribution < -0.4 is 5.32 Å². The minimum atomic E-state index is 0.202. The van der Waals surface area contributed by atoms with Gasteiger partial charge < -0.3 is 15.0 Å². The smallest absolute Gasteiger partial charge is 0.220 e. The second-order valence-corrected chi connectivity index (χ2v) is 8.87. The molecule has 5 rings (SSSR count). The highest BCUT2D eigenvalue weighted by Gasteiger charge is 2.47. The molecule has 2 aliphatic carbocycles. The van der Waals surface area contributed by atoms with E-state index in [0.29, 0.717) is 24.2 Å². The van der Waals surface area contributed by atoms with Crippen LogP contribution in [0.2, 0.25) is 0 Å². The molecular formula is C22H30N2O2. The summed E-state index contributed by atoms with van der Waals surface area (Å²) in [5, 5.41) is 3.44. The summed E-state index contributed by atoms with van der Waals surface area (Å²) in [5.41, 5.74) is 2.85. The van der Waals surface area contributed by atoms with E-state index < -0.39 is 0 Å². The highest BCUT2D eigenvalue weighted by molar-refractivity contribution is 5.77. The van der Waals surface area contributed by atoms with E-state index >= 15 is 0 Å². The van der Waals surface area contributed by atoms with Crippen LogP contribution in [0.25, 0.3) is 0 Å². The molecule has 0 radical (unpaired) electrons. The molecule has 2 aliphatic heterocycles. The van der Waals surface area contributed by atoms with E-state index in [-0.39, 0.29) is 11.9 Å². The number of nitrogens with zero attached hydrogens (tertiary/aromatic N) is 1. The number of likely N-dealkylation sites (tertiary alicyclic amines) is 1. The number of benzene rings is 1. The fraction of sp³-hybridized carbons (Fsp3) is 0.682. The first-order valence-corrected chi connectivity index (χ1v) is 10.5. The van der Waals surface area contributed by atoms with Gasteiger partial charge in [-0.05, 0) is 48.6 Å². The SMILES string of the molecule is O=C(CC1CCOCC1)N[C@@H]1c2ccccc2[C@@H]2CN(CC3CC3)C[C@H]12. The normalized spacial score (nSPS) is 31.6. The molecule has 4 heteroatoms. The van der Waals surface area contributed by atoms with Crippen LogP contribution in [-0.2, 0) is 9.53 Å². The lowest BCUT2D eigenvalue weighted by Gasteiger charge is -2.25. The fourth-order valence-corrected chi connectivity index (χ4v) is 5.39. The summed E-state index contributed by atoms with van der Waals surface area (Å²) >= 11 is 0. The lowest BCUT2D eigenvalue weighted by Crippen LogP contribution is -2.35. The average Bonchev–Trinajstić information content (AvgIpc) is 3.30. The number of hydrogen-bond acceptors (Lipinski definition) is 3. The Morgan fingerprint density at radius 2 is 1.81 bits per heavy atom. The predicted molar refractivity (Wildman–Crippen MR) is 101 cm³/mol. The van der Waals surface area contributed by atoms with E-state index in [1.807, 2.05) is 0 Å². The largest absolute Gasteiger partial charge is 0.381 e. The van der Waals surface area contributed by atoms with Crippen LogP contribution in [0.4, 0.5) is 0 Å². The van der Waals surface area contributed by atoms with E-state index in [1.165, 1.54) is 37.1 Å². The van der Waals surface area contributed by atoms with Crippen molar-refractivity contribution in [3.8, 4) is 0 Å². The topological polar surface area (TPSA) is 41.6 Å². The Morgan fingerprint density at radius 3 is 2.58 bits per heavy atom. The molecule has 1 aromatic carbocycles. The molecule has 0 unspecified atom stereocenters. The molecule has 4 nitrogen and oxygen atoms in total. The van der Waals surface area contributed by atoms with Gasteiger partial charge in [-0.3, -0.25) is 4.79 Å². The number of carbonyl (C=O) groups is 1. The van der Waals surface area contributed by atoms with Gasteiger partial charge in [0.15, 0.2) is 0 Å². The number of ether oxygens (including phenoxy) is 1. The maximum absolute atomic E-state index is 12.8. The van der Waals surface area contributed by atoms with Crippen LogP contribution in [0, 0.1) is 17.8 Å². The van der Waals surface area contributed by atoms with Crippen molar-refractivity contribution in [3.05, 3.63) is 35.4 Å². The Hall–Kier alpha value is -1.39. The van der Waals surface area contributed by atoms with Gasteiger partial charge >= 0.3 is 0 Å². The minimum absolute atomic E-state index is 0.202. The Morgan fingerprint density at radius 1 is 1.04 bits per heavy atom. The molecule has 1 N–H and O–H groups in total. The Kier molecular flexibility index (Phi) is 4.49. The zero-order valence-electron chi connectivity index (χ0n) is 15.5. The molecule has 1 aromatic rings. The molecule has 1 saturated carbocycles. The lowest BCUT2D eigenvalue weighted by atomic mass is 9.93. The fourth-order valence-electron chi connectivity index (χ4n) is 5.39. The van der Waals surface area contributed by atoms with E-state index in [0.717, 1.165) is 38.5 Å². The summed E-state index contributed by atoms with van der Waals surface area (Å²) in [5.74, 6) is 2.80. The Bertz CT molecular complexity index is 666. The van der Waals surface area contributed by atoms with Crippen molar-refractivity contribution in [1.82, 2.24) is 10.2 Å². The number of amides is 1. The molecule has 0 spiro atoms. The first-order valence-electron chi connectivity index (χ1n) is 10.5. The van der Waals surface area contributed by atoms with Crippen LogP contribution in [0.1, 0.15) is 55.2 Å². The summed E-state index contributed by atoms with van der Waals surface area (Å²) in [4.78, 5) is 15.4. The third-order valence-corrected chi connectivity index (χ3v) is 6.94. The van der Waals surface area contributed by atoms with Crippen LogP contribution in [0.3, 0.4) is 0 Å². The summed E-state index contributed by atoms with van der Waals surface area (Å²) in [6.45, 7) is 5.19. The van der Waals surface area contributed by atoms with Gasteiger partial charge in [0.05, 0.1) is 6.04 Å². The lowest BCUT2D eigenvalue weighted by molar-refractivity contribution is -0.123. The van der Waals surface area contributed by atoms with Crippen molar-refractivity contribution in [3.63, 3.8) is 0 Å². The van der Waals surface area contributed by atoms with E-state index in [4.69, 9.17) is 4.74 Å². The second-order valence-electron chi connectivity index (χ2n) is 8.87. The standard InChI is InChI=1S/C22H30N2O2/c25-21(11-15-7-9-26-10-8-15)23-22-18-4-2-1-3-17(18)19-13-24(14-20(19)22)12-16-5-6-16/h1-4,15-16,19-20,22H,5-14H2,(H,23,25)/t19-,20-,22+/m0/s1.